The molecule has 1 N–H and O–H groups in total. The Morgan fingerprint density at radius 3 is 2.90 bits per heavy atom. The molecule has 0 radical (unpaired) electrons. The minimum atomic E-state index is 0.635. The van der Waals surface area contributed by atoms with Crippen LogP contribution in [-0.2, 0) is 6.54 Å². The number of nitrogens with zero attached hydrogens (tertiary/aromatic N) is 3. The molecule has 4 heteroatoms. The third-order valence-corrected chi connectivity index (χ3v) is 3.43. The molecule has 4 nitrogen and oxygen atoms in total. The number of rotatable bonds is 4. The summed E-state index contributed by atoms with van der Waals surface area (Å²) in [7, 11) is 0. The number of benzene rings is 1. The maximum absolute atomic E-state index is 9.13. The van der Waals surface area contributed by atoms with Crippen LogP contribution in [0.4, 0.5) is 5.82 Å². The van der Waals surface area contributed by atoms with E-state index in [1.165, 1.54) is 0 Å². The molecule has 2 aromatic heterocycles. The van der Waals surface area contributed by atoms with E-state index in [4.69, 9.17) is 10.2 Å². The lowest BCUT2D eigenvalue weighted by Gasteiger charge is -2.13. The summed E-state index contributed by atoms with van der Waals surface area (Å²) < 4.78 is 1.94. The molecule has 0 aliphatic rings. The summed E-state index contributed by atoms with van der Waals surface area (Å²) in [4.78, 5) is 4.69. The molecule has 0 fully saturated rings. The van der Waals surface area contributed by atoms with Crippen molar-refractivity contribution in [1.82, 2.24) is 9.55 Å². The fourth-order valence-corrected chi connectivity index (χ4v) is 2.44. The van der Waals surface area contributed by atoms with Crippen LogP contribution in [0.25, 0.3) is 10.9 Å². The topological polar surface area (TPSA) is 53.6 Å². The highest BCUT2D eigenvalue weighted by atomic mass is 15.0. The SMILES string of the molecule is CCNc1nc2ccccc2cc1Cn1cccc1C#N. The van der Waals surface area contributed by atoms with Crippen molar-refractivity contribution in [2.75, 3.05) is 11.9 Å². The molecule has 0 atom stereocenters. The van der Waals surface area contributed by atoms with E-state index in [0.29, 0.717) is 12.2 Å². The van der Waals surface area contributed by atoms with Gasteiger partial charge in [0, 0.05) is 23.7 Å². The lowest BCUT2D eigenvalue weighted by Crippen LogP contribution is -2.08. The van der Waals surface area contributed by atoms with E-state index in [0.717, 1.165) is 28.8 Å². The number of hydrogen-bond acceptors (Lipinski definition) is 3. The monoisotopic (exact) mass is 276 g/mol. The Bertz CT molecular complexity index is 811. The molecule has 0 saturated carbocycles. The maximum Gasteiger partial charge on any atom is 0.131 e. The summed E-state index contributed by atoms with van der Waals surface area (Å²) in [5, 5.41) is 13.5. The van der Waals surface area contributed by atoms with E-state index < -0.39 is 0 Å². The highest BCUT2D eigenvalue weighted by Crippen LogP contribution is 2.22. The van der Waals surface area contributed by atoms with Crippen molar-refractivity contribution in [3.8, 4) is 6.07 Å². The number of hydrogen-bond donors (Lipinski definition) is 1. The van der Waals surface area contributed by atoms with Crippen LogP contribution in [0, 0.1) is 11.3 Å². The van der Waals surface area contributed by atoms with Crippen LogP contribution in [-0.4, -0.2) is 16.1 Å². The standard InChI is InChI=1S/C17H16N4/c1-2-19-17-14(12-21-9-5-7-15(21)11-18)10-13-6-3-4-8-16(13)20-17/h3-10H,2,12H2,1H3,(H,19,20). The molecule has 3 rings (SSSR count). The van der Waals surface area contributed by atoms with Gasteiger partial charge in [0.05, 0.1) is 12.1 Å². The first-order valence-electron chi connectivity index (χ1n) is 6.99. The number of aromatic nitrogens is 2. The van der Waals surface area contributed by atoms with Crippen LogP contribution in [0.5, 0.6) is 0 Å². The van der Waals surface area contributed by atoms with Gasteiger partial charge >= 0.3 is 0 Å². The van der Waals surface area contributed by atoms with Crippen molar-refractivity contribution in [2.24, 2.45) is 0 Å². The van der Waals surface area contributed by atoms with Gasteiger partial charge in [0.2, 0.25) is 0 Å². The Morgan fingerprint density at radius 1 is 1.24 bits per heavy atom. The summed E-state index contributed by atoms with van der Waals surface area (Å²) in [5.41, 5.74) is 2.72. The van der Waals surface area contributed by atoms with E-state index in [2.05, 4.69) is 30.4 Å². The smallest absolute Gasteiger partial charge is 0.131 e. The highest BCUT2D eigenvalue weighted by molar-refractivity contribution is 5.81. The fourth-order valence-electron chi connectivity index (χ4n) is 2.44. The third-order valence-electron chi connectivity index (χ3n) is 3.43. The Balaban J connectivity index is 2.07. The van der Waals surface area contributed by atoms with Crippen molar-refractivity contribution < 1.29 is 0 Å². The molecule has 0 saturated heterocycles. The molecule has 0 amide bonds. The van der Waals surface area contributed by atoms with Crippen molar-refractivity contribution in [3.63, 3.8) is 0 Å². The van der Waals surface area contributed by atoms with E-state index in [1.54, 1.807) is 0 Å². The van der Waals surface area contributed by atoms with Crippen LogP contribution >= 0.6 is 0 Å². The minimum absolute atomic E-state index is 0.635. The summed E-state index contributed by atoms with van der Waals surface area (Å²) >= 11 is 0. The number of pyridine rings is 1. The third kappa shape index (κ3) is 2.59. The predicted octanol–water partition coefficient (Wildman–Crippen LogP) is 3.39. The van der Waals surface area contributed by atoms with Crippen molar-refractivity contribution in [3.05, 3.63) is 59.9 Å². The molecule has 0 bridgehead atoms. The normalized spacial score (nSPS) is 10.5. The van der Waals surface area contributed by atoms with Crippen molar-refractivity contribution >= 4 is 16.7 Å². The number of nitriles is 1. The van der Waals surface area contributed by atoms with Crippen molar-refractivity contribution in [2.45, 2.75) is 13.5 Å². The summed E-state index contributed by atoms with van der Waals surface area (Å²) in [6.45, 7) is 3.50. The molecule has 0 aliphatic heterocycles. The van der Waals surface area contributed by atoms with Gasteiger partial charge in [-0.05, 0) is 31.2 Å². The summed E-state index contributed by atoms with van der Waals surface area (Å²) in [6, 6.07) is 16.1. The molecule has 21 heavy (non-hydrogen) atoms. The van der Waals surface area contributed by atoms with Crippen LogP contribution < -0.4 is 5.32 Å². The molecule has 2 heterocycles. The average molecular weight is 276 g/mol. The number of para-hydroxylation sites is 1. The van der Waals surface area contributed by atoms with Crippen LogP contribution in [0.2, 0.25) is 0 Å². The Hall–Kier alpha value is -2.80. The van der Waals surface area contributed by atoms with Crippen LogP contribution in [0.3, 0.4) is 0 Å². The second-order valence-electron chi connectivity index (χ2n) is 4.85. The molecule has 1 aromatic carbocycles. The van der Waals surface area contributed by atoms with Gasteiger partial charge in [-0.15, -0.1) is 0 Å². The predicted molar refractivity (Wildman–Crippen MR) is 84.2 cm³/mol. The van der Waals surface area contributed by atoms with Crippen LogP contribution in [0.1, 0.15) is 18.2 Å². The van der Waals surface area contributed by atoms with Gasteiger partial charge in [-0.25, -0.2) is 4.98 Å². The van der Waals surface area contributed by atoms with E-state index in [-0.39, 0.29) is 0 Å². The lowest BCUT2D eigenvalue weighted by atomic mass is 10.1. The largest absolute Gasteiger partial charge is 0.370 e. The molecule has 104 valence electrons. The van der Waals surface area contributed by atoms with E-state index >= 15 is 0 Å². The number of anilines is 1. The first-order chi connectivity index (χ1) is 10.3. The molecular weight excluding hydrogens is 260 g/mol. The molecule has 3 aromatic rings. The molecule has 0 unspecified atom stereocenters. The Kier molecular flexibility index (Phi) is 3.57. The second kappa shape index (κ2) is 5.68. The van der Waals surface area contributed by atoms with E-state index in [9.17, 15) is 0 Å². The minimum Gasteiger partial charge on any atom is -0.370 e. The second-order valence-corrected chi connectivity index (χ2v) is 4.85. The van der Waals surface area contributed by atoms with E-state index in [1.807, 2.05) is 41.1 Å². The number of nitrogens with one attached hydrogen (secondary N) is 1. The lowest BCUT2D eigenvalue weighted by molar-refractivity contribution is 0.792. The maximum atomic E-state index is 9.13. The first-order valence-corrected chi connectivity index (χ1v) is 6.99. The quantitative estimate of drug-likeness (QED) is 0.794. The van der Waals surface area contributed by atoms with Crippen molar-refractivity contribution in [1.29, 1.82) is 5.26 Å². The Morgan fingerprint density at radius 2 is 2.10 bits per heavy atom. The Labute approximate surface area is 123 Å². The fraction of sp³-hybridized carbons (Fsp3) is 0.176. The zero-order chi connectivity index (χ0) is 14.7. The van der Waals surface area contributed by atoms with Gasteiger partial charge in [0.1, 0.15) is 17.6 Å². The highest BCUT2D eigenvalue weighted by Gasteiger charge is 2.08. The first kappa shape index (κ1) is 13.2. The van der Waals surface area contributed by atoms with Gasteiger partial charge < -0.3 is 9.88 Å². The summed E-state index contributed by atoms with van der Waals surface area (Å²) in [6.07, 6.45) is 1.92. The average Bonchev–Trinajstić information content (AvgIpc) is 2.95. The van der Waals surface area contributed by atoms with Gasteiger partial charge in [-0.3, -0.25) is 0 Å². The summed E-state index contributed by atoms with van der Waals surface area (Å²) in [5.74, 6) is 0.883. The van der Waals surface area contributed by atoms with Gasteiger partial charge in [-0.1, -0.05) is 18.2 Å². The zero-order valence-corrected chi connectivity index (χ0v) is 11.9. The molecule has 0 aliphatic carbocycles. The van der Waals surface area contributed by atoms with Gasteiger partial charge in [0.25, 0.3) is 0 Å². The zero-order valence-electron chi connectivity index (χ0n) is 11.9. The van der Waals surface area contributed by atoms with Gasteiger partial charge in [0.15, 0.2) is 0 Å². The van der Waals surface area contributed by atoms with Gasteiger partial charge in [-0.2, -0.15) is 5.26 Å². The molecule has 0 spiro atoms. The van der Waals surface area contributed by atoms with Crippen LogP contribution in [0.15, 0.2) is 48.7 Å². The molecular formula is C17H16N4. The number of fused-ring (bicyclic) bond motifs is 1.